The van der Waals surface area contributed by atoms with Crippen molar-refractivity contribution < 1.29 is 4.79 Å². The summed E-state index contributed by atoms with van der Waals surface area (Å²) < 4.78 is 1.98. The molecule has 0 aromatic carbocycles. The second-order valence-corrected chi connectivity index (χ2v) is 5.51. The number of amides is 1. The van der Waals surface area contributed by atoms with E-state index in [9.17, 15) is 4.79 Å². The Bertz CT molecular complexity index is 388. The van der Waals surface area contributed by atoms with Gasteiger partial charge in [-0.3, -0.25) is 9.48 Å². The molecule has 0 fully saturated rings. The highest BCUT2D eigenvalue weighted by Crippen LogP contribution is 2.12. The molecule has 0 spiro atoms. The quantitative estimate of drug-likeness (QED) is 0.815. The Balaban J connectivity index is 2.30. The minimum absolute atomic E-state index is 0.103. The molecule has 0 aliphatic rings. The molecule has 1 heterocycles. The van der Waals surface area contributed by atoms with Crippen molar-refractivity contribution in [3.05, 3.63) is 17.5 Å². The lowest BCUT2D eigenvalue weighted by atomic mass is 9.96. The van der Waals surface area contributed by atoms with E-state index < -0.39 is 0 Å². The number of hydrogen-bond acceptors (Lipinski definition) is 2. The Morgan fingerprint density at radius 3 is 2.53 bits per heavy atom. The fourth-order valence-corrected chi connectivity index (χ4v) is 1.60. The molecule has 0 saturated heterocycles. The molecule has 0 atom stereocenters. The van der Waals surface area contributed by atoms with Crippen LogP contribution in [0.25, 0.3) is 0 Å². The average Bonchev–Trinajstić information content (AvgIpc) is 2.50. The van der Waals surface area contributed by atoms with E-state index >= 15 is 0 Å². The van der Waals surface area contributed by atoms with Crippen molar-refractivity contribution in [3.8, 4) is 0 Å². The van der Waals surface area contributed by atoms with Gasteiger partial charge in [0.15, 0.2) is 0 Å². The van der Waals surface area contributed by atoms with E-state index in [-0.39, 0.29) is 11.3 Å². The van der Waals surface area contributed by atoms with Crippen LogP contribution < -0.4 is 5.32 Å². The second kappa shape index (κ2) is 5.34. The summed E-state index contributed by atoms with van der Waals surface area (Å²) in [4.78, 5) is 11.6. The molecule has 1 amide bonds. The van der Waals surface area contributed by atoms with Gasteiger partial charge in [0.1, 0.15) is 0 Å². The highest BCUT2D eigenvalue weighted by atomic mass is 16.2. The predicted molar refractivity (Wildman–Crippen MR) is 68.8 cm³/mol. The maximum absolute atomic E-state index is 11.6. The number of hydrogen-bond donors (Lipinski definition) is 1. The molecule has 0 unspecified atom stereocenters. The fraction of sp³-hybridized carbons (Fsp3) is 0.692. The van der Waals surface area contributed by atoms with Crippen LogP contribution in [0.3, 0.4) is 0 Å². The molecule has 4 nitrogen and oxygen atoms in total. The monoisotopic (exact) mass is 237 g/mol. The van der Waals surface area contributed by atoms with Crippen molar-refractivity contribution in [2.24, 2.45) is 5.41 Å². The summed E-state index contributed by atoms with van der Waals surface area (Å²) in [5.74, 6) is 0.103. The summed E-state index contributed by atoms with van der Waals surface area (Å²) in [6.45, 7) is 11.4. The maximum atomic E-state index is 11.6. The van der Waals surface area contributed by atoms with Crippen LogP contribution in [0.4, 0.5) is 0 Å². The largest absolute Gasteiger partial charge is 0.356 e. The van der Waals surface area contributed by atoms with Crippen molar-refractivity contribution in [1.82, 2.24) is 15.1 Å². The zero-order valence-electron chi connectivity index (χ0n) is 11.5. The lowest BCUT2D eigenvalue weighted by molar-refractivity contribution is -0.128. The number of aryl methyl sites for hydroxylation is 3. The third-order valence-corrected chi connectivity index (χ3v) is 2.62. The van der Waals surface area contributed by atoms with E-state index in [0.29, 0.717) is 6.54 Å². The van der Waals surface area contributed by atoms with Crippen molar-refractivity contribution in [3.63, 3.8) is 0 Å². The van der Waals surface area contributed by atoms with Gasteiger partial charge in [-0.15, -0.1) is 0 Å². The van der Waals surface area contributed by atoms with Gasteiger partial charge >= 0.3 is 0 Å². The summed E-state index contributed by atoms with van der Waals surface area (Å²) in [7, 11) is 0. The third kappa shape index (κ3) is 4.21. The first-order chi connectivity index (χ1) is 7.80. The highest BCUT2D eigenvalue weighted by Gasteiger charge is 2.20. The minimum atomic E-state index is -0.307. The van der Waals surface area contributed by atoms with E-state index in [1.165, 1.54) is 5.69 Å². The molecular formula is C13H23N3O. The van der Waals surface area contributed by atoms with Gasteiger partial charge in [-0.1, -0.05) is 20.8 Å². The number of nitrogens with one attached hydrogen (secondary N) is 1. The summed E-state index contributed by atoms with van der Waals surface area (Å²) >= 11 is 0. The summed E-state index contributed by atoms with van der Waals surface area (Å²) in [6.07, 6.45) is 0.907. The molecule has 1 aromatic heterocycles. The maximum Gasteiger partial charge on any atom is 0.225 e. The number of aromatic nitrogens is 2. The molecule has 17 heavy (non-hydrogen) atoms. The van der Waals surface area contributed by atoms with E-state index in [1.807, 2.05) is 39.3 Å². The smallest absolute Gasteiger partial charge is 0.225 e. The molecule has 1 aromatic rings. The van der Waals surface area contributed by atoms with Gasteiger partial charge in [0, 0.05) is 24.2 Å². The van der Waals surface area contributed by atoms with Gasteiger partial charge in [0.2, 0.25) is 5.91 Å². The van der Waals surface area contributed by atoms with Crippen molar-refractivity contribution in [2.45, 2.75) is 47.6 Å². The van der Waals surface area contributed by atoms with Crippen LogP contribution in [-0.4, -0.2) is 22.2 Å². The zero-order chi connectivity index (χ0) is 13.1. The normalized spacial score (nSPS) is 11.6. The Labute approximate surface area is 103 Å². The molecule has 0 radical (unpaired) electrons. The van der Waals surface area contributed by atoms with Crippen molar-refractivity contribution >= 4 is 5.91 Å². The van der Waals surface area contributed by atoms with Gasteiger partial charge in [0.05, 0.1) is 5.69 Å². The third-order valence-electron chi connectivity index (χ3n) is 2.62. The lowest BCUT2D eigenvalue weighted by Gasteiger charge is -2.17. The summed E-state index contributed by atoms with van der Waals surface area (Å²) in [6, 6.07) is 2.06. The first-order valence-electron chi connectivity index (χ1n) is 6.10. The molecule has 96 valence electrons. The van der Waals surface area contributed by atoms with Gasteiger partial charge in [-0.2, -0.15) is 5.10 Å². The van der Waals surface area contributed by atoms with Crippen LogP contribution in [0.15, 0.2) is 6.07 Å². The number of nitrogens with zero attached hydrogens (tertiary/aromatic N) is 2. The van der Waals surface area contributed by atoms with Crippen LogP contribution in [0.2, 0.25) is 0 Å². The lowest BCUT2D eigenvalue weighted by Crippen LogP contribution is -2.35. The topological polar surface area (TPSA) is 46.9 Å². The zero-order valence-corrected chi connectivity index (χ0v) is 11.5. The van der Waals surface area contributed by atoms with E-state index in [0.717, 1.165) is 18.7 Å². The van der Waals surface area contributed by atoms with Gasteiger partial charge in [-0.05, 0) is 26.3 Å². The highest BCUT2D eigenvalue weighted by molar-refractivity contribution is 5.81. The Kier molecular flexibility index (Phi) is 4.32. The van der Waals surface area contributed by atoms with Crippen LogP contribution >= 0.6 is 0 Å². The number of carbonyl (C=O) groups is 1. The minimum Gasteiger partial charge on any atom is -0.356 e. The molecule has 0 bridgehead atoms. The van der Waals surface area contributed by atoms with Gasteiger partial charge < -0.3 is 5.32 Å². The Hall–Kier alpha value is -1.32. The molecule has 4 heteroatoms. The van der Waals surface area contributed by atoms with Gasteiger partial charge in [0.25, 0.3) is 0 Å². The van der Waals surface area contributed by atoms with Crippen LogP contribution in [0.1, 0.15) is 38.6 Å². The van der Waals surface area contributed by atoms with Crippen LogP contribution in [0, 0.1) is 19.3 Å². The molecule has 0 aliphatic heterocycles. The van der Waals surface area contributed by atoms with Crippen molar-refractivity contribution in [2.75, 3.05) is 6.54 Å². The molecule has 1 N–H and O–H groups in total. The summed E-state index contributed by atoms with van der Waals surface area (Å²) in [5, 5.41) is 7.32. The van der Waals surface area contributed by atoms with Gasteiger partial charge in [-0.25, -0.2) is 0 Å². The Morgan fingerprint density at radius 2 is 2.06 bits per heavy atom. The van der Waals surface area contributed by atoms with Crippen LogP contribution in [0.5, 0.6) is 0 Å². The van der Waals surface area contributed by atoms with E-state index in [1.54, 1.807) is 0 Å². The van der Waals surface area contributed by atoms with E-state index in [2.05, 4.69) is 16.5 Å². The summed E-state index contributed by atoms with van der Waals surface area (Å²) in [5.41, 5.74) is 1.91. The molecular weight excluding hydrogens is 214 g/mol. The van der Waals surface area contributed by atoms with E-state index in [4.69, 9.17) is 0 Å². The SMILES string of the molecule is Cc1cc(C)n(CCCNC(=O)C(C)(C)C)n1. The first-order valence-corrected chi connectivity index (χ1v) is 6.10. The number of rotatable bonds is 4. The van der Waals surface area contributed by atoms with Crippen LogP contribution in [-0.2, 0) is 11.3 Å². The molecule has 1 rings (SSSR count). The van der Waals surface area contributed by atoms with Crippen molar-refractivity contribution in [1.29, 1.82) is 0 Å². The molecule has 0 saturated carbocycles. The molecule has 0 aliphatic carbocycles. The Morgan fingerprint density at radius 1 is 1.41 bits per heavy atom. The number of carbonyl (C=O) groups excluding carboxylic acids is 1. The predicted octanol–water partition coefficient (Wildman–Crippen LogP) is 2.05. The standard InChI is InChI=1S/C13H23N3O/c1-10-9-11(2)16(15-10)8-6-7-14-12(17)13(3,4)5/h9H,6-8H2,1-5H3,(H,14,17). The second-order valence-electron chi connectivity index (χ2n) is 5.51. The average molecular weight is 237 g/mol. The fourth-order valence-electron chi connectivity index (χ4n) is 1.60. The first kappa shape index (κ1) is 13.7.